The van der Waals surface area contributed by atoms with Gasteiger partial charge in [0.05, 0.1) is 46.0 Å². The van der Waals surface area contributed by atoms with Gasteiger partial charge >= 0.3 is 5.97 Å². The zero-order chi connectivity index (χ0) is 26.6. The number of carbonyl (C=O) groups excluding carboxylic acids is 2. The molecule has 37 heavy (non-hydrogen) atoms. The van der Waals surface area contributed by atoms with Crippen LogP contribution in [0.25, 0.3) is 0 Å². The average Bonchev–Trinajstić information content (AvgIpc) is 2.94. The lowest BCUT2D eigenvalue weighted by Gasteiger charge is -2.19. The lowest BCUT2D eigenvalue weighted by Crippen LogP contribution is -2.32. The monoisotopic (exact) mass is 504 g/mol. The largest absolute Gasteiger partial charge is 0.493 e. The second kappa shape index (κ2) is 13.4. The number of para-hydroxylation sites is 1. The first-order valence-electron chi connectivity index (χ1n) is 11.4. The minimum atomic E-state index is -1.26. The predicted octanol–water partition coefficient (Wildman–Crippen LogP) is 3.95. The maximum Gasteiger partial charge on any atom is 0.310 e. The molecule has 0 aliphatic heterocycles. The van der Waals surface area contributed by atoms with Crippen molar-refractivity contribution in [2.75, 3.05) is 27.9 Å². The van der Waals surface area contributed by atoms with E-state index in [1.54, 1.807) is 42.5 Å². The van der Waals surface area contributed by atoms with Gasteiger partial charge < -0.3 is 29.0 Å². The maximum atomic E-state index is 13.2. The van der Waals surface area contributed by atoms with Crippen molar-refractivity contribution in [3.63, 3.8) is 0 Å². The molecule has 0 aliphatic carbocycles. The third kappa shape index (κ3) is 7.39. The second-order valence-electron chi connectivity index (χ2n) is 7.77. The van der Waals surface area contributed by atoms with Crippen molar-refractivity contribution in [2.45, 2.75) is 19.1 Å². The maximum absolute atomic E-state index is 13.2. The fourth-order valence-electron chi connectivity index (χ4n) is 3.52. The van der Waals surface area contributed by atoms with Gasteiger partial charge in [-0.3, -0.25) is 9.59 Å². The molecule has 9 nitrogen and oxygen atoms in total. The Bertz CT molecular complexity index is 1230. The van der Waals surface area contributed by atoms with Gasteiger partial charge in [-0.2, -0.15) is 5.26 Å². The number of nitriles is 1. The normalized spacial score (nSPS) is 11.0. The summed E-state index contributed by atoms with van der Waals surface area (Å²) in [5, 5.41) is 12.1. The summed E-state index contributed by atoms with van der Waals surface area (Å²) in [7, 11) is 4.50. The van der Waals surface area contributed by atoms with Crippen molar-refractivity contribution in [1.82, 2.24) is 5.32 Å². The molecule has 3 rings (SSSR count). The molecule has 1 N–H and O–H groups in total. The van der Waals surface area contributed by atoms with Crippen LogP contribution in [0.5, 0.6) is 23.0 Å². The molecule has 0 radical (unpaired) electrons. The highest BCUT2D eigenvalue weighted by Gasteiger charge is 2.26. The second-order valence-corrected chi connectivity index (χ2v) is 7.77. The summed E-state index contributed by atoms with van der Waals surface area (Å²) in [5.74, 6) is 0.755. The quantitative estimate of drug-likeness (QED) is 0.369. The first kappa shape index (κ1) is 26.9. The molecule has 0 heterocycles. The molecular weight excluding hydrogens is 476 g/mol. The Balaban J connectivity index is 1.73. The zero-order valence-electron chi connectivity index (χ0n) is 20.9. The topological polar surface area (TPSA) is 116 Å². The third-order valence-electron chi connectivity index (χ3n) is 5.32. The van der Waals surface area contributed by atoms with Crippen molar-refractivity contribution < 1.29 is 33.3 Å². The zero-order valence-corrected chi connectivity index (χ0v) is 20.9. The molecule has 0 aliphatic rings. The van der Waals surface area contributed by atoms with Crippen LogP contribution in [-0.4, -0.2) is 39.8 Å². The standard InChI is InChI=1S/C28H28N2O7/c1-33-23-15-20(16-24(34-2)27(23)35-3)18-30-28(32)26(21-9-7-8-19(14-21)17-29)37-25(31)12-13-36-22-10-5-4-6-11-22/h4-11,14-16,26H,12-13,18H2,1-3H3,(H,30,32). The molecule has 192 valence electrons. The smallest absolute Gasteiger partial charge is 0.310 e. The van der Waals surface area contributed by atoms with E-state index < -0.39 is 18.0 Å². The van der Waals surface area contributed by atoms with Gasteiger partial charge in [0.2, 0.25) is 11.9 Å². The van der Waals surface area contributed by atoms with Gasteiger partial charge in [0, 0.05) is 12.1 Å². The van der Waals surface area contributed by atoms with E-state index >= 15 is 0 Å². The number of esters is 1. The Labute approximate surface area is 215 Å². The number of methoxy groups -OCH3 is 3. The fourth-order valence-corrected chi connectivity index (χ4v) is 3.52. The van der Waals surface area contributed by atoms with Crippen LogP contribution >= 0.6 is 0 Å². The van der Waals surface area contributed by atoms with E-state index in [1.165, 1.54) is 27.4 Å². The van der Waals surface area contributed by atoms with Crippen LogP contribution in [-0.2, 0) is 20.9 Å². The Kier molecular flexibility index (Phi) is 9.74. The van der Waals surface area contributed by atoms with Crippen molar-refractivity contribution >= 4 is 11.9 Å². The molecule has 0 saturated heterocycles. The minimum absolute atomic E-state index is 0.0660. The van der Waals surface area contributed by atoms with E-state index in [2.05, 4.69) is 5.32 Å². The van der Waals surface area contributed by atoms with E-state index in [1.807, 2.05) is 24.3 Å². The molecule has 0 saturated carbocycles. The van der Waals surface area contributed by atoms with Gasteiger partial charge in [-0.15, -0.1) is 0 Å². The average molecular weight is 505 g/mol. The lowest BCUT2D eigenvalue weighted by molar-refractivity contribution is -0.157. The molecule has 0 fully saturated rings. The number of hydrogen-bond donors (Lipinski definition) is 1. The highest BCUT2D eigenvalue weighted by molar-refractivity contribution is 5.85. The van der Waals surface area contributed by atoms with E-state index in [4.69, 9.17) is 23.7 Å². The summed E-state index contributed by atoms with van der Waals surface area (Å²) in [5.41, 5.74) is 1.39. The number of carbonyl (C=O) groups is 2. The predicted molar refractivity (Wildman–Crippen MR) is 134 cm³/mol. The molecule has 1 unspecified atom stereocenters. The molecule has 0 spiro atoms. The third-order valence-corrected chi connectivity index (χ3v) is 5.32. The fraction of sp³-hybridized carbons (Fsp3) is 0.250. The molecule has 0 bridgehead atoms. The van der Waals surface area contributed by atoms with E-state index in [9.17, 15) is 14.9 Å². The number of nitrogens with one attached hydrogen (secondary N) is 1. The van der Waals surface area contributed by atoms with Gasteiger partial charge in [0.15, 0.2) is 11.5 Å². The van der Waals surface area contributed by atoms with E-state index in [0.29, 0.717) is 39.7 Å². The lowest BCUT2D eigenvalue weighted by atomic mass is 10.1. The number of nitrogens with zero attached hydrogens (tertiary/aromatic N) is 1. The van der Waals surface area contributed by atoms with Crippen molar-refractivity contribution in [1.29, 1.82) is 5.26 Å². The van der Waals surface area contributed by atoms with Crippen LogP contribution < -0.4 is 24.3 Å². The van der Waals surface area contributed by atoms with E-state index in [-0.39, 0.29) is 19.6 Å². The highest BCUT2D eigenvalue weighted by Crippen LogP contribution is 2.38. The van der Waals surface area contributed by atoms with Crippen molar-refractivity contribution in [2.24, 2.45) is 0 Å². The van der Waals surface area contributed by atoms with Gasteiger partial charge in [0.1, 0.15) is 5.75 Å². The molecule has 1 amide bonds. The Morgan fingerprint density at radius 2 is 1.62 bits per heavy atom. The van der Waals surface area contributed by atoms with Gasteiger partial charge in [-0.05, 0) is 42.0 Å². The summed E-state index contributed by atoms with van der Waals surface area (Å²) >= 11 is 0. The van der Waals surface area contributed by atoms with Crippen LogP contribution in [0, 0.1) is 11.3 Å². The molecular formula is C28H28N2O7. The highest BCUT2D eigenvalue weighted by atomic mass is 16.6. The van der Waals surface area contributed by atoms with E-state index in [0.717, 1.165) is 0 Å². The number of amides is 1. The van der Waals surface area contributed by atoms with Crippen molar-refractivity contribution in [3.05, 3.63) is 83.4 Å². The first-order chi connectivity index (χ1) is 18.0. The Hall–Kier alpha value is -4.71. The van der Waals surface area contributed by atoms with Crippen LogP contribution in [0.2, 0.25) is 0 Å². The van der Waals surface area contributed by atoms with Gasteiger partial charge in [-0.1, -0.05) is 30.3 Å². The van der Waals surface area contributed by atoms with Crippen LogP contribution in [0.1, 0.15) is 29.2 Å². The van der Waals surface area contributed by atoms with Crippen LogP contribution in [0.3, 0.4) is 0 Å². The van der Waals surface area contributed by atoms with Gasteiger partial charge in [0.25, 0.3) is 5.91 Å². The SMILES string of the molecule is COc1cc(CNC(=O)C(OC(=O)CCOc2ccccc2)c2cccc(C#N)c2)cc(OC)c1OC. The molecule has 0 aromatic heterocycles. The van der Waals surface area contributed by atoms with Crippen molar-refractivity contribution in [3.8, 4) is 29.1 Å². The summed E-state index contributed by atoms with van der Waals surface area (Å²) in [6.07, 6.45) is -1.33. The van der Waals surface area contributed by atoms with Crippen LogP contribution in [0.4, 0.5) is 0 Å². The number of benzene rings is 3. The molecule has 1 atom stereocenters. The number of rotatable bonds is 12. The molecule has 3 aromatic carbocycles. The Morgan fingerprint density at radius 1 is 0.919 bits per heavy atom. The summed E-state index contributed by atoms with van der Waals surface area (Å²) in [4.78, 5) is 25.8. The molecule has 3 aromatic rings. The minimum Gasteiger partial charge on any atom is -0.493 e. The first-order valence-corrected chi connectivity index (χ1v) is 11.4. The summed E-state index contributed by atoms with van der Waals surface area (Å²) in [6.45, 7) is 0.180. The Morgan fingerprint density at radius 3 is 2.24 bits per heavy atom. The summed E-state index contributed by atoms with van der Waals surface area (Å²) < 4.78 is 27.1. The molecule has 9 heteroatoms. The van der Waals surface area contributed by atoms with Crippen LogP contribution in [0.15, 0.2) is 66.7 Å². The number of ether oxygens (including phenoxy) is 5. The van der Waals surface area contributed by atoms with Gasteiger partial charge in [-0.25, -0.2) is 0 Å². The summed E-state index contributed by atoms with van der Waals surface area (Å²) in [6, 6.07) is 20.9. The number of hydrogen-bond acceptors (Lipinski definition) is 8.